The van der Waals surface area contributed by atoms with Gasteiger partial charge in [-0.15, -0.1) is 0 Å². The van der Waals surface area contributed by atoms with Gasteiger partial charge in [0.05, 0.1) is 13.2 Å². The summed E-state index contributed by atoms with van der Waals surface area (Å²) in [5.41, 5.74) is 6.35. The summed E-state index contributed by atoms with van der Waals surface area (Å²) in [6, 6.07) is 15.3. The maximum absolute atomic E-state index is 6.29. The molecule has 6 rings (SSSR count). The van der Waals surface area contributed by atoms with E-state index >= 15 is 0 Å². The number of nitrogens with zero attached hydrogens (tertiary/aromatic N) is 3. The second-order valence-electron chi connectivity index (χ2n) is 9.09. The van der Waals surface area contributed by atoms with Gasteiger partial charge in [-0.1, -0.05) is 24.3 Å². The largest absolute Gasteiger partial charge is 0.475 e. The number of nitrogens with one attached hydrogen (secondary N) is 1. The van der Waals surface area contributed by atoms with E-state index in [1.54, 1.807) is 0 Å². The Morgan fingerprint density at radius 1 is 1.06 bits per heavy atom. The number of aromatic nitrogens is 1. The van der Waals surface area contributed by atoms with Crippen molar-refractivity contribution < 1.29 is 9.47 Å². The van der Waals surface area contributed by atoms with Gasteiger partial charge >= 0.3 is 0 Å². The molecule has 1 atom stereocenters. The van der Waals surface area contributed by atoms with Crippen molar-refractivity contribution in [2.45, 2.75) is 25.4 Å². The molecule has 3 aliphatic heterocycles. The highest BCUT2D eigenvalue weighted by molar-refractivity contribution is 5.89. The molecule has 32 heavy (non-hydrogen) atoms. The Kier molecular flexibility index (Phi) is 5.43. The van der Waals surface area contributed by atoms with E-state index in [2.05, 4.69) is 51.5 Å². The molecular weight excluding hydrogens is 400 g/mol. The minimum Gasteiger partial charge on any atom is -0.475 e. The maximum Gasteiger partial charge on any atom is 0.152 e. The minimum atomic E-state index is 0.572. The molecule has 3 aromatic rings. The van der Waals surface area contributed by atoms with Crippen molar-refractivity contribution in [1.29, 1.82) is 0 Å². The van der Waals surface area contributed by atoms with E-state index in [0.29, 0.717) is 12.6 Å². The zero-order valence-corrected chi connectivity index (χ0v) is 18.4. The molecule has 1 fully saturated rings. The van der Waals surface area contributed by atoms with E-state index in [4.69, 9.17) is 14.5 Å². The van der Waals surface area contributed by atoms with Crippen LogP contribution in [-0.4, -0.2) is 60.9 Å². The summed E-state index contributed by atoms with van der Waals surface area (Å²) in [7, 11) is 0. The van der Waals surface area contributed by atoms with Gasteiger partial charge in [-0.2, -0.15) is 0 Å². The number of benzene rings is 2. The summed E-state index contributed by atoms with van der Waals surface area (Å²) in [6.07, 6.45) is 3.01. The molecule has 6 heteroatoms. The first-order valence-corrected chi connectivity index (χ1v) is 11.7. The van der Waals surface area contributed by atoms with Crippen molar-refractivity contribution in [3.8, 4) is 5.75 Å². The summed E-state index contributed by atoms with van der Waals surface area (Å²) < 4.78 is 11.8. The SMILES string of the molecule is c1ccc2c(c1)NCC2CCN1COc2c(cc(CN3CCOCC3)c3cccnc23)C1. The van der Waals surface area contributed by atoms with Crippen molar-refractivity contribution >= 4 is 16.6 Å². The van der Waals surface area contributed by atoms with Gasteiger partial charge in [0.15, 0.2) is 5.75 Å². The highest BCUT2D eigenvalue weighted by atomic mass is 16.5. The number of anilines is 1. The summed E-state index contributed by atoms with van der Waals surface area (Å²) in [4.78, 5) is 9.62. The van der Waals surface area contributed by atoms with Crippen molar-refractivity contribution in [3.63, 3.8) is 0 Å². The minimum absolute atomic E-state index is 0.572. The van der Waals surface area contributed by atoms with E-state index in [-0.39, 0.29) is 0 Å². The number of morpholine rings is 1. The number of hydrogen-bond donors (Lipinski definition) is 1. The van der Waals surface area contributed by atoms with Gasteiger partial charge in [0, 0.05) is 68.0 Å². The average Bonchev–Trinajstić information content (AvgIpc) is 3.26. The lowest BCUT2D eigenvalue weighted by Crippen LogP contribution is -2.36. The molecule has 6 nitrogen and oxygen atoms in total. The molecule has 3 aliphatic rings. The van der Waals surface area contributed by atoms with E-state index in [1.807, 2.05) is 12.3 Å². The van der Waals surface area contributed by atoms with Crippen molar-refractivity contribution in [3.05, 3.63) is 65.4 Å². The van der Waals surface area contributed by atoms with Crippen LogP contribution in [0.3, 0.4) is 0 Å². The Morgan fingerprint density at radius 3 is 2.91 bits per heavy atom. The topological polar surface area (TPSA) is 49.9 Å². The van der Waals surface area contributed by atoms with Gasteiger partial charge in [-0.3, -0.25) is 14.8 Å². The second kappa shape index (κ2) is 8.70. The van der Waals surface area contributed by atoms with Crippen LogP contribution in [0, 0.1) is 0 Å². The van der Waals surface area contributed by atoms with Crippen LogP contribution in [0.25, 0.3) is 10.9 Å². The van der Waals surface area contributed by atoms with Crippen LogP contribution in [0.15, 0.2) is 48.7 Å². The van der Waals surface area contributed by atoms with Gasteiger partial charge in [-0.05, 0) is 35.7 Å². The Bertz CT molecular complexity index is 1110. The number of hydrogen-bond acceptors (Lipinski definition) is 6. The molecule has 0 aliphatic carbocycles. The number of pyridine rings is 1. The smallest absolute Gasteiger partial charge is 0.152 e. The lowest BCUT2D eigenvalue weighted by atomic mass is 9.97. The standard InChI is InChI=1S/C26H30N4O2/c1-2-6-24-22(4-1)19(15-28-24)7-9-30-17-21-14-20(16-29-10-12-31-13-11-29)23-5-3-8-27-25(23)26(21)32-18-30/h1-6,8,14,19,28H,7,9-13,15-18H2. The normalized spacial score (nSPS) is 21.1. The van der Waals surface area contributed by atoms with Crippen LogP contribution in [0.2, 0.25) is 0 Å². The second-order valence-corrected chi connectivity index (χ2v) is 9.09. The van der Waals surface area contributed by atoms with Crippen LogP contribution in [0.4, 0.5) is 5.69 Å². The molecule has 0 bridgehead atoms. The predicted octanol–water partition coefficient (Wildman–Crippen LogP) is 3.82. The third-order valence-electron chi connectivity index (χ3n) is 7.03. The van der Waals surface area contributed by atoms with E-state index in [0.717, 1.165) is 70.2 Å². The van der Waals surface area contributed by atoms with Crippen LogP contribution in [0.1, 0.15) is 29.0 Å². The Balaban J connectivity index is 1.21. The summed E-state index contributed by atoms with van der Waals surface area (Å²) in [6.45, 7) is 8.14. The third kappa shape index (κ3) is 3.83. The molecule has 2 aromatic carbocycles. The molecule has 166 valence electrons. The summed E-state index contributed by atoms with van der Waals surface area (Å²) in [5, 5.41) is 4.76. The maximum atomic E-state index is 6.29. The van der Waals surface area contributed by atoms with Gasteiger partial charge in [0.2, 0.25) is 0 Å². The number of fused-ring (bicyclic) bond motifs is 4. The molecule has 0 spiro atoms. The first-order valence-electron chi connectivity index (χ1n) is 11.7. The van der Waals surface area contributed by atoms with Crippen LogP contribution in [-0.2, 0) is 17.8 Å². The van der Waals surface area contributed by atoms with E-state index in [1.165, 1.54) is 27.8 Å². The molecule has 1 aromatic heterocycles. The first-order chi connectivity index (χ1) is 15.8. The van der Waals surface area contributed by atoms with Crippen molar-refractivity contribution in [1.82, 2.24) is 14.8 Å². The first kappa shape index (κ1) is 20.0. The highest BCUT2D eigenvalue weighted by Gasteiger charge is 2.26. The van der Waals surface area contributed by atoms with Crippen molar-refractivity contribution in [2.75, 3.05) is 51.4 Å². The predicted molar refractivity (Wildman–Crippen MR) is 126 cm³/mol. The molecule has 4 heterocycles. The molecule has 0 saturated carbocycles. The molecule has 0 amide bonds. The Hall–Kier alpha value is -2.67. The lowest BCUT2D eigenvalue weighted by molar-refractivity contribution is 0.0343. The zero-order chi connectivity index (χ0) is 21.3. The third-order valence-corrected chi connectivity index (χ3v) is 7.03. The van der Waals surface area contributed by atoms with Crippen LogP contribution in [0.5, 0.6) is 5.75 Å². The average molecular weight is 431 g/mol. The lowest BCUT2D eigenvalue weighted by Gasteiger charge is -2.32. The Morgan fingerprint density at radius 2 is 1.97 bits per heavy atom. The molecular formula is C26H30N4O2. The fourth-order valence-corrected chi connectivity index (χ4v) is 5.30. The number of para-hydroxylation sites is 1. The van der Waals surface area contributed by atoms with E-state index < -0.39 is 0 Å². The fourth-order valence-electron chi connectivity index (χ4n) is 5.30. The van der Waals surface area contributed by atoms with Crippen molar-refractivity contribution in [2.24, 2.45) is 0 Å². The van der Waals surface area contributed by atoms with Gasteiger partial charge in [0.1, 0.15) is 12.2 Å². The molecule has 0 radical (unpaired) electrons. The highest BCUT2D eigenvalue weighted by Crippen LogP contribution is 2.37. The number of rotatable bonds is 5. The fraction of sp³-hybridized carbons (Fsp3) is 0.423. The van der Waals surface area contributed by atoms with Crippen LogP contribution >= 0.6 is 0 Å². The molecule has 1 unspecified atom stereocenters. The zero-order valence-electron chi connectivity index (χ0n) is 18.4. The summed E-state index contributed by atoms with van der Waals surface area (Å²) >= 11 is 0. The van der Waals surface area contributed by atoms with Gasteiger partial charge in [-0.25, -0.2) is 0 Å². The van der Waals surface area contributed by atoms with Crippen LogP contribution < -0.4 is 10.1 Å². The van der Waals surface area contributed by atoms with E-state index in [9.17, 15) is 0 Å². The molecule has 1 saturated heterocycles. The quantitative estimate of drug-likeness (QED) is 0.664. The molecule has 1 N–H and O–H groups in total. The summed E-state index contributed by atoms with van der Waals surface area (Å²) in [5.74, 6) is 1.54. The Labute approximate surface area is 189 Å². The van der Waals surface area contributed by atoms with Gasteiger partial charge in [0.25, 0.3) is 0 Å². The van der Waals surface area contributed by atoms with Gasteiger partial charge < -0.3 is 14.8 Å². The number of ether oxygens (including phenoxy) is 2. The monoisotopic (exact) mass is 430 g/mol.